The number of nitrogens with zero attached hydrogens (tertiary/aromatic N) is 2. The Bertz CT molecular complexity index is 897. The highest BCUT2D eigenvalue weighted by atomic mass is 19.1. The van der Waals surface area contributed by atoms with Crippen LogP contribution >= 0.6 is 0 Å². The van der Waals surface area contributed by atoms with Crippen LogP contribution < -0.4 is 10.6 Å². The van der Waals surface area contributed by atoms with Gasteiger partial charge in [-0.05, 0) is 60.2 Å². The summed E-state index contributed by atoms with van der Waals surface area (Å²) in [5, 5.41) is 14.9. The van der Waals surface area contributed by atoms with Crippen LogP contribution in [0.1, 0.15) is 29.8 Å². The predicted octanol–water partition coefficient (Wildman–Crippen LogP) is 3.92. The quantitative estimate of drug-likeness (QED) is 0.359. The third-order valence-electron chi connectivity index (χ3n) is 4.82. The zero-order valence-electron chi connectivity index (χ0n) is 23.2. The molecule has 0 spiro atoms. The van der Waals surface area contributed by atoms with Crippen molar-refractivity contribution in [3.8, 4) is 0 Å². The number of aliphatic hydroxyl groups is 1. The number of carbonyl (C=O) groups is 1. The topological polar surface area (TPSA) is 86.3 Å². The molecular formula is C27H44F2N4O4. The Morgan fingerprint density at radius 1 is 0.865 bits per heavy atom. The number of esters is 1. The van der Waals surface area contributed by atoms with Crippen LogP contribution in [0.2, 0.25) is 0 Å². The fraction of sp³-hybridized carbons (Fsp3) is 0.519. The molecule has 0 heterocycles. The van der Waals surface area contributed by atoms with Crippen LogP contribution in [0, 0.1) is 11.6 Å². The van der Waals surface area contributed by atoms with Gasteiger partial charge in [0.1, 0.15) is 11.6 Å². The molecule has 0 saturated heterocycles. The molecule has 0 unspecified atom stereocenters. The lowest BCUT2D eigenvalue weighted by Gasteiger charge is -2.14. The normalized spacial score (nSPS) is 10.3. The molecule has 0 bridgehead atoms. The summed E-state index contributed by atoms with van der Waals surface area (Å²) in [6.07, 6.45) is 0. The van der Waals surface area contributed by atoms with Gasteiger partial charge in [0.25, 0.3) is 0 Å². The van der Waals surface area contributed by atoms with Gasteiger partial charge in [0.15, 0.2) is 0 Å². The van der Waals surface area contributed by atoms with E-state index in [9.17, 15) is 13.6 Å². The second-order valence-corrected chi connectivity index (χ2v) is 8.33. The molecule has 2 aromatic rings. The summed E-state index contributed by atoms with van der Waals surface area (Å²) in [4.78, 5) is 15.4. The van der Waals surface area contributed by atoms with Crippen molar-refractivity contribution in [3.05, 3.63) is 59.2 Å². The molecule has 0 aliphatic carbocycles. The monoisotopic (exact) mass is 526 g/mol. The first-order valence-electron chi connectivity index (χ1n) is 12.2. The first-order valence-corrected chi connectivity index (χ1v) is 12.2. The smallest absolute Gasteiger partial charge is 0.340 e. The number of methoxy groups -OCH3 is 1. The van der Waals surface area contributed by atoms with Gasteiger partial charge in [-0.25, -0.2) is 13.6 Å². The van der Waals surface area contributed by atoms with Crippen molar-refractivity contribution in [1.29, 1.82) is 0 Å². The Kier molecular flexibility index (Phi) is 18.8. The number of halogens is 2. The molecule has 0 aliphatic heterocycles. The van der Waals surface area contributed by atoms with E-state index in [0.717, 1.165) is 26.3 Å². The molecule has 2 rings (SSSR count). The number of aliphatic hydroxyl groups excluding tert-OH is 1. The second-order valence-electron chi connectivity index (χ2n) is 8.33. The average molecular weight is 527 g/mol. The molecule has 3 N–H and O–H groups in total. The summed E-state index contributed by atoms with van der Waals surface area (Å²) in [6.45, 7) is 8.29. The molecule has 0 aliphatic rings. The number of carbonyl (C=O) groups excluding carboxylic acids is 1. The zero-order chi connectivity index (χ0) is 28.2. The third kappa shape index (κ3) is 14.5. The highest BCUT2D eigenvalue weighted by Crippen LogP contribution is 2.20. The van der Waals surface area contributed by atoms with E-state index >= 15 is 0 Å². The minimum atomic E-state index is -0.545. The number of ether oxygens (including phenoxy) is 2. The van der Waals surface area contributed by atoms with Crippen molar-refractivity contribution in [1.82, 2.24) is 9.80 Å². The number of benzene rings is 2. The Hall–Kier alpha value is -2.79. The molecule has 210 valence electrons. The average Bonchev–Trinajstić information content (AvgIpc) is 2.86. The largest absolute Gasteiger partial charge is 0.465 e. The maximum absolute atomic E-state index is 13.6. The zero-order valence-corrected chi connectivity index (χ0v) is 23.2. The Labute approximate surface area is 220 Å². The Morgan fingerprint density at radius 3 is 1.78 bits per heavy atom. The number of nitrogens with one attached hydrogen (secondary N) is 2. The van der Waals surface area contributed by atoms with Crippen molar-refractivity contribution in [3.63, 3.8) is 0 Å². The molecule has 0 atom stereocenters. The highest BCUT2D eigenvalue weighted by molar-refractivity contribution is 5.95. The molecule has 0 aromatic heterocycles. The van der Waals surface area contributed by atoms with Gasteiger partial charge in [-0.3, -0.25) is 0 Å². The Balaban J connectivity index is 0.000000596. The van der Waals surface area contributed by atoms with Gasteiger partial charge in [-0.2, -0.15) is 0 Å². The summed E-state index contributed by atoms with van der Waals surface area (Å²) in [5.74, 6) is -1.32. The van der Waals surface area contributed by atoms with Gasteiger partial charge in [0.05, 0.1) is 30.7 Å². The van der Waals surface area contributed by atoms with Crippen LogP contribution in [-0.2, 0) is 16.1 Å². The summed E-state index contributed by atoms with van der Waals surface area (Å²) in [5.41, 5.74) is 1.41. The maximum Gasteiger partial charge on any atom is 0.340 e. The van der Waals surface area contributed by atoms with Crippen molar-refractivity contribution in [2.24, 2.45) is 0 Å². The minimum absolute atomic E-state index is 0.151. The van der Waals surface area contributed by atoms with Crippen LogP contribution in [0.15, 0.2) is 36.4 Å². The molecule has 0 amide bonds. The molecular weight excluding hydrogens is 482 g/mol. The predicted molar refractivity (Wildman–Crippen MR) is 146 cm³/mol. The number of para-hydroxylation sites is 2. The molecule has 0 saturated carbocycles. The van der Waals surface area contributed by atoms with Gasteiger partial charge in [-0.1, -0.05) is 18.2 Å². The number of rotatable bonds is 12. The Morgan fingerprint density at radius 2 is 1.35 bits per heavy atom. The van der Waals surface area contributed by atoms with Gasteiger partial charge in [-0.15, -0.1) is 0 Å². The van der Waals surface area contributed by atoms with E-state index < -0.39 is 11.8 Å². The maximum atomic E-state index is 13.6. The molecule has 37 heavy (non-hydrogen) atoms. The fourth-order valence-electron chi connectivity index (χ4n) is 2.90. The van der Waals surface area contributed by atoms with Crippen LogP contribution in [0.25, 0.3) is 0 Å². The van der Waals surface area contributed by atoms with Crippen LogP contribution in [0.3, 0.4) is 0 Å². The highest BCUT2D eigenvalue weighted by Gasteiger charge is 2.15. The van der Waals surface area contributed by atoms with Crippen LogP contribution in [0.4, 0.5) is 20.2 Å². The standard InChI is InChI=1S/C12H17FN2O2.C11H17FN2O.C4H10O/c1-15(2)8-7-14-11-9(12(16)17-3)5-4-6-10(11)13;1-14(2)7-6-13-11-9(8-15)4-3-5-10(11)12;1-3-5-4-2/h4-6,14H,7-8H2,1-3H3;3-5,13,15H,6-8H2,1-2H3;3-4H2,1-2H3. The summed E-state index contributed by atoms with van der Waals surface area (Å²) >= 11 is 0. The lowest BCUT2D eigenvalue weighted by Crippen LogP contribution is -2.22. The van der Waals surface area contributed by atoms with Crippen LogP contribution in [-0.4, -0.2) is 95.6 Å². The van der Waals surface area contributed by atoms with E-state index in [1.165, 1.54) is 31.4 Å². The van der Waals surface area contributed by atoms with E-state index in [-0.39, 0.29) is 23.7 Å². The first kappa shape index (κ1) is 34.2. The lowest BCUT2D eigenvalue weighted by molar-refractivity contribution is 0.0601. The van der Waals surface area contributed by atoms with Gasteiger partial charge < -0.3 is 35.0 Å². The molecule has 0 radical (unpaired) electrons. The summed E-state index contributed by atoms with van der Waals surface area (Å²) in [7, 11) is 9.03. The van der Waals surface area contributed by atoms with Gasteiger partial charge in [0, 0.05) is 45.0 Å². The summed E-state index contributed by atoms with van der Waals surface area (Å²) < 4.78 is 36.4. The molecule has 8 nitrogen and oxygen atoms in total. The van der Waals surface area contributed by atoms with Crippen molar-refractivity contribution < 1.29 is 28.2 Å². The van der Waals surface area contributed by atoms with Gasteiger partial charge in [0.2, 0.25) is 0 Å². The number of hydrogen-bond donors (Lipinski definition) is 3. The summed E-state index contributed by atoms with van der Waals surface area (Å²) in [6, 6.07) is 9.02. The second kappa shape index (κ2) is 20.3. The van der Waals surface area contributed by atoms with E-state index in [2.05, 4.69) is 15.4 Å². The van der Waals surface area contributed by atoms with E-state index in [4.69, 9.17) is 9.84 Å². The van der Waals surface area contributed by atoms with E-state index in [1.54, 1.807) is 12.1 Å². The fourth-order valence-corrected chi connectivity index (χ4v) is 2.90. The van der Waals surface area contributed by atoms with Crippen molar-refractivity contribution in [2.45, 2.75) is 20.5 Å². The van der Waals surface area contributed by atoms with Gasteiger partial charge >= 0.3 is 5.97 Å². The number of hydrogen-bond acceptors (Lipinski definition) is 8. The lowest BCUT2D eigenvalue weighted by atomic mass is 10.1. The minimum Gasteiger partial charge on any atom is -0.465 e. The third-order valence-corrected chi connectivity index (χ3v) is 4.82. The van der Waals surface area contributed by atoms with Crippen LogP contribution in [0.5, 0.6) is 0 Å². The number of likely N-dealkylation sites (N-methyl/N-ethyl adjacent to an activating group) is 2. The molecule has 0 fully saturated rings. The SMILES string of the molecule is CCOCC.CN(C)CCNc1c(F)cccc1CO.COC(=O)c1cccc(F)c1NCCN(C)C. The van der Waals surface area contributed by atoms with Crippen molar-refractivity contribution in [2.75, 3.05) is 85.3 Å². The van der Waals surface area contributed by atoms with E-state index in [1.807, 2.05) is 51.8 Å². The molecule has 2 aromatic carbocycles. The molecule has 10 heteroatoms. The first-order chi connectivity index (χ1) is 17.6. The number of anilines is 2. The van der Waals surface area contributed by atoms with E-state index in [0.29, 0.717) is 24.3 Å². The van der Waals surface area contributed by atoms with Crippen molar-refractivity contribution >= 4 is 17.3 Å².